The first-order valence-corrected chi connectivity index (χ1v) is 9.88. The molecule has 3 aromatic rings. The average Bonchev–Trinajstić information content (AvgIpc) is 3.17. The minimum Gasteiger partial charge on any atom is -0.446 e. The summed E-state index contributed by atoms with van der Waals surface area (Å²) in [6, 6.07) is 10.6. The Morgan fingerprint density at radius 2 is 1.92 bits per heavy atom. The van der Waals surface area contributed by atoms with E-state index >= 15 is 0 Å². The Kier molecular flexibility index (Phi) is 4.84. The molecule has 0 spiro atoms. The number of hydrogen-bond acceptors (Lipinski definition) is 5. The fraction of sp³-hybridized carbons (Fsp3) is 0.235. The zero-order valence-corrected chi connectivity index (χ0v) is 15.1. The molecule has 0 aliphatic heterocycles. The summed E-state index contributed by atoms with van der Waals surface area (Å²) < 4.78 is 32.7. The molecule has 0 amide bonds. The number of nitrogens with zero attached hydrogens (tertiary/aromatic N) is 1. The van der Waals surface area contributed by atoms with Crippen LogP contribution in [-0.2, 0) is 16.4 Å². The number of aromatic nitrogens is 1. The van der Waals surface area contributed by atoms with Crippen LogP contribution in [0.3, 0.4) is 0 Å². The van der Waals surface area contributed by atoms with Crippen LogP contribution in [0.15, 0.2) is 51.1 Å². The second-order valence-corrected chi connectivity index (χ2v) is 8.19. The first-order chi connectivity index (χ1) is 11.5. The highest BCUT2D eigenvalue weighted by atomic mass is 32.2. The van der Waals surface area contributed by atoms with Crippen molar-refractivity contribution in [3.63, 3.8) is 0 Å². The minimum atomic E-state index is -3.51. The lowest BCUT2D eigenvalue weighted by molar-refractivity contribution is 0.495. The number of nitrogens with one attached hydrogen (secondary N) is 1. The van der Waals surface area contributed by atoms with E-state index in [1.54, 1.807) is 42.5 Å². The molecule has 0 aliphatic carbocycles. The van der Waals surface area contributed by atoms with Gasteiger partial charge in [0.15, 0.2) is 5.89 Å². The van der Waals surface area contributed by atoms with Crippen molar-refractivity contribution in [3.8, 4) is 11.3 Å². The molecule has 2 aromatic heterocycles. The van der Waals surface area contributed by atoms with Gasteiger partial charge in [0.1, 0.15) is 11.5 Å². The molecule has 126 valence electrons. The number of aryl methyl sites for hydroxylation is 2. The van der Waals surface area contributed by atoms with Gasteiger partial charge in [0.25, 0.3) is 0 Å². The number of sulfonamides is 1. The fourth-order valence-electron chi connectivity index (χ4n) is 2.44. The Labute approximate surface area is 145 Å². The molecule has 1 N–H and O–H groups in total. The van der Waals surface area contributed by atoms with E-state index in [4.69, 9.17) is 4.42 Å². The third kappa shape index (κ3) is 3.75. The molecule has 0 fully saturated rings. The van der Waals surface area contributed by atoms with Crippen LogP contribution < -0.4 is 4.72 Å². The van der Waals surface area contributed by atoms with Gasteiger partial charge in [-0.3, -0.25) is 0 Å². The lowest BCUT2D eigenvalue weighted by atomic mass is 10.1. The van der Waals surface area contributed by atoms with Crippen LogP contribution in [0.5, 0.6) is 0 Å². The van der Waals surface area contributed by atoms with Crippen molar-refractivity contribution in [2.75, 3.05) is 6.54 Å². The van der Waals surface area contributed by atoms with Gasteiger partial charge in [-0.05, 0) is 36.9 Å². The highest BCUT2D eigenvalue weighted by Crippen LogP contribution is 2.24. The minimum absolute atomic E-state index is 0.246. The summed E-state index contributed by atoms with van der Waals surface area (Å²) in [6.45, 7) is 4.01. The number of rotatable bonds is 6. The van der Waals surface area contributed by atoms with E-state index < -0.39 is 10.0 Å². The van der Waals surface area contributed by atoms with Crippen LogP contribution in [0.1, 0.15) is 16.5 Å². The summed E-state index contributed by atoms with van der Waals surface area (Å²) in [7, 11) is -3.51. The Hall–Kier alpha value is -1.96. The van der Waals surface area contributed by atoms with Crippen molar-refractivity contribution in [3.05, 3.63) is 58.3 Å². The SMILES string of the molecule is Cc1nc(-c2ccc(S(=O)(=O)NCCc3cccs3)cc2)c(C)o1. The van der Waals surface area contributed by atoms with Crippen LogP contribution in [0.2, 0.25) is 0 Å². The van der Waals surface area contributed by atoms with Gasteiger partial charge in [0.2, 0.25) is 10.0 Å². The molecule has 5 nitrogen and oxygen atoms in total. The number of oxazole rings is 1. The monoisotopic (exact) mass is 362 g/mol. The molecule has 3 rings (SSSR count). The fourth-order valence-corrected chi connectivity index (χ4v) is 4.18. The molecule has 0 atom stereocenters. The van der Waals surface area contributed by atoms with Gasteiger partial charge in [-0.1, -0.05) is 18.2 Å². The summed E-state index contributed by atoms with van der Waals surface area (Å²) >= 11 is 1.62. The van der Waals surface area contributed by atoms with E-state index in [2.05, 4.69) is 9.71 Å². The van der Waals surface area contributed by atoms with Crippen LogP contribution in [-0.4, -0.2) is 19.9 Å². The van der Waals surface area contributed by atoms with Crippen molar-refractivity contribution in [2.45, 2.75) is 25.2 Å². The average molecular weight is 362 g/mol. The maximum Gasteiger partial charge on any atom is 0.240 e. The Balaban J connectivity index is 1.71. The molecular weight excluding hydrogens is 344 g/mol. The smallest absolute Gasteiger partial charge is 0.240 e. The molecule has 7 heteroatoms. The van der Waals surface area contributed by atoms with Gasteiger partial charge >= 0.3 is 0 Å². The van der Waals surface area contributed by atoms with E-state index in [-0.39, 0.29) is 4.90 Å². The largest absolute Gasteiger partial charge is 0.446 e. The first kappa shape index (κ1) is 16.9. The summed E-state index contributed by atoms with van der Waals surface area (Å²) in [5.74, 6) is 1.31. The summed E-state index contributed by atoms with van der Waals surface area (Å²) in [5, 5.41) is 1.98. The van der Waals surface area contributed by atoms with E-state index in [1.807, 2.05) is 24.4 Å². The predicted molar refractivity (Wildman–Crippen MR) is 94.6 cm³/mol. The third-order valence-corrected chi connectivity index (χ3v) is 6.00. The van der Waals surface area contributed by atoms with Gasteiger partial charge in [0.05, 0.1) is 4.90 Å². The van der Waals surface area contributed by atoms with Gasteiger partial charge < -0.3 is 4.42 Å². The highest BCUT2D eigenvalue weighted by Gasteiger charge is 2.15. The number of benzene rings is 1. The quantitative estimate of drug-likeness (QED) is 0.728. The lowest BCUT2D eigenvalue weighted by Crippen LogP contribution is -2.25. The van der Waals surface area contributed by atoms with Gasteiger partial charge in [0, 0.05) is 23.9 Å². The standard InChI is InChI=1S/C17H18N2O3S2/c1-12-17(19-13(2)22-12)14-5-7-16(8-6-14)24(20,21)18-10-9-15-4-3-11-23-15/h3-8,11,18H,9-10H2,1-2H3. The van der Waals surface area contributed by atoms with E-state index in [0.29, 0.717) is 18.9 Å². The van der Waals surface area contributed by atoms with E-state index in [0.717, 1.165) is 21.9 Å². The van der Waals surface area contributed by atoms with Gasteiger partial charge in [-0.25, -0.2) is 18.1 Å². The number of hydrogen-bond donors (Lipinski definition) is 1. The van der Waals surface area contributed by atoms with Crippen molar-refractivity contribution >= 4 is 21.4 Å². The molecular formula is C17H18N2O3S2. The van der Waals surface area contributed by atoms with Crippen molar-refractivity contribution in [1.82, 2.24) is 9.71 Å². The van der Waals surface area contributed by atoms with Crippen LogP contribution >= 0.6 is 11.3 Å². The molecule has 0 saturated carbocycles. The van der Waals surface area contributed by atoms with Crippen LogP contribution in [0.4, 0.5) is 0 Å². The lowest BCUT2D eigenvalue weighted by Gasteiger charge is -2.07. The molecule has 1 aromatic carbocycles. The first-order valence-electron chi connectivity index (χ1n) is 7.52. The topological polar surface area (TPSA) is 72.2 Å². The molecule has 0 unspecified atom stereocenters. The second kappa shape index (κ2) is 6.88. The summed E-state index contributed by atoms with van der Waals surface area (Å²) in [6.07, 6.45) is 0.687. The predicted octanol–water partition coefficient (Wildman–Crippen LogP) is 3.54. The summed E-state index contributed by atoms with van der Waals surface area (Å²) in [5.41, 5.74) is 1.57. The van der Waals surface area contributed by atoms with Crippen LogP contribution in [0, 0.1) is 13.8 Å². The van der Waals surface area contributed by atoms with E-state index in [9.17, 15) is 8.42 Å². The van der Waals surface area contributed by atoms with Gasteiger partial charge in [-0.15, -0.1) is 11.3 Å². The molecule has 24 heavy (non-hydrogen) atoms. The van der Waals surface area contributed by atoms with Crippen molar-refractivity contribution in [1.29, 1.82) is 0 Å². The zero-order valence-electron chi connectivity index (χ0n) is 13.4. The van der Waals surface area contributed by atoms with E-state index in [1.165, 1.54) is 0 Å². The van der Waals surface area contributed by atoms with Crippen molar-refractivity contribution in [2.24, 2.45) is 0 Å². The zero-order chi connectivity index (χ0) is 17.2. The molecule has 2 heterocycles. The maximum absolute atomic E-state index is 12.3. The molecule has 0 bridgehead atoms. The van der Waals surface area contributed by atoms with Gasteiger partial charge in [-0.2, -0.15) is 0 Å². The molecule has 0 saturated heterocycles. The Bertz CT molecular complexity index is 911. The second-order valence-electron chi connectivity index (χ2n) is 5.39. The number of thiophene rings is 1. The van der Waals surface area contributed by atoms with Crippen molar-refractivity contribution < 1.29 is 12.8 Å². The Morgan fingerprint density at radius 3 is 2.50 bits per heavy atom. The maximum atomic E-state index is 12.3. The normalized spacial score (nSPS) is 11.8. The van der Waals surface area contributed by atoms with Crippen LogP contribution in [0.25, 0.3) is 11.3 Å². The molecule has 0 radical (unpaired) electrons. The summed E-state index contributed by atoms with van der Waals surface area (Å²) in [4.78, 5) is 5.72. The third-order valence-electron chi connectivity index (χ3n) is 3.59. The Morgan fingerprint density at radius 1 is 1.17 bits per heavy atom. The highest BCUT2D eigenvalue weighted by molar-refractivity contribution is 7.89. The molecule has 0 aliphatic rings.